The Hall–Kier alpha value is -3.15. The van der Waals surface area contributed by atoms with Crippen LogP contribution in [-0.2, 0) is 9.47 Å². The van der Waals surface area contributed by atoms with E-state index in [4.69, 9.17) is 9.47 Å². The summed E-state index contributed by atoms with van der Waals surface area (Å²) in [5, 5.41) is 0. The highest BCUT2D eigenvalue weighted by molar-refractivity contribution is 5.76. The number of nitrogens with one attached hydrogen (secondary N) is 3. The molecule has 11 heteroatoms. The quantitative estimate of drug-likeness (QED) is 0.263. The molecule has 0 aliphatic rings. The lowest BCUT2D eigenvalue weighted by Crippen LogP contribution is -2.37. The van der Waals surface area contributed by atoms with Crippen molar-refractivity contribution >= 4 is 12.4 Å². The number of rotatable bonds is 14. The molecule has 166 valence electrons. The third kappa shape index (κ3) is 7.55. The van der Waals surface area contributed by atoms with E-state index in [9.17, 15) is 0 Å². The summed E-state index contributed by atoms with van der Waals surface area (Å²) in [6.07, 6.45) is 13.3. The number of hydrogen-bond donors (Lipinski definition) is 3. The standard InChI is InChI=1S/C20H29N9O2/c1-16(12-30-2)31-20(19-11-25-15-28-19)29(5-3-21-7-17-9-23-13-26-17)6-4-22-8-18-10-24-14-27-18/h7-11,13-16,20H,3-6,12H2,1-2H3,(H,23,26)(H,24,27)(H,25,28)/t16-,20+/m0/s1. The van der Waals surface area contributed by atoms with Crippen LogP contribution in [0.4, 0.5) is 0 Å². The zero-order chi connectivity index (χ0) is 21.7. The summed E-state index contributed by atoms with van der Waals surface area (Å²) in [5.41, 5.74) is 2.61. The zero-order valence-electron chi connectivity index (χ0n) is 17.8. The first kappa shape index (κ1) is 22.5. The molecule has 3 rings (SSSR count). The molecular formula is C20H29N9O2. The molecule has 0 aliphatic carbocycles. The first-order valence-electron chi connectivity index (χ1n) is 10.1. The van der Waals surface area contributed by atoms with Crippen molar-refractivity contribution in [1.82, 2.24) is 34.8 Å². The van der Waals surface area contributed by atoms with Crippen LogP contribution in [-0.4, -0.2) is 93.2 Å². The van der Waals surface area contributed by atoms with E-state index < -0.39 is 0 Å². The van der Waals surface area contributed by atoms with Crippen LogP contribution in [0.25, 0.3) is 0 Å². The van der Waals surface area contributed by atoms with Gasteiger partial charge < -0.3 is 24.4 Å². The van der Waals surface area contributed by atoms with Gasteiger partial charge in [-0.1, -0.05) is 0 Å². The van der Waals surface area contributed by atoms with Gasteiger partial charge in [-0.05, 0) is 6.92 Å². The lowest BCUT2D eigenvalue weighted by atomic mass is 10.3. The molecule has 3 aromatic heterocycles. The smallest absolute Gasteiger partial charge is 0.153 e. The summed E-state index contributed by atoms with van der Waals surface area (Å²) >= 11 is 0. The molecule has 3 N–H and O–H groups in total. The fourth-order valence-electron chi connectivity index (χ4n) is 2.97. The second-order valence-corrected chi connectivity index (χ2v) is 6.88. The minimum absolute atomic E-state index is 0.0946. The van der Waals surface area contributed by atoms with Gasteiger partial charge in [0.25, 0.3) is 0 Å². The molecule has 0 saturated heterocycles. The van der Waals surface area contributed by atoms with Crippen LogP contribution >= 0.6 is 0 Å². The normalized spacial score (nSPS) is 14.2. The fourth-order valence-corrected chi connectivity index (χ4v) is 2.97. The Labute approximate surface area is 181 Å². The van der Waals surface area contributed by atoms with Crippen molar-refractivity contribution in [2.45, 2.75) is 19.3 Å². The summed E-state index contributed by atoms with van der Waals surface area (Å²) in [5.74, 6) is 0. The number of hydrogen-bond acceptors (Lipinski definition) is 8. The number of nitrogens with zero attached hydrogens (tertiary/aromatic N) is 6. The van der Waals surface area contributed by atoms with Gasteiger partial charge in [0.05, 0.1) is 80.5 Å². The monoisotopic (exact) mass is 427 g/mol. The summed E-state index contributed by atoms with van der Waals surface area (Å²) in [6, 6.07) is 0. The summed E-state index contributed by atoms with van der Waals surface area (Å²) < 4.78 is 11.5. The zero-order valence-corrected chi connectivity index (χ0v) is 17.8. The lowest BCUT2D eigenvalue weighted by molar-refractivity contribution is -0.114. The Morgan fingerprint density at radius 3 is 2.00 bits per heavy atom. The molecule has 0 spiro atoms. The van der Waals surface area contributed by atoms with Crippen molar-refractivity contribution in [3.8, 4) is 0 Å². The van der Waals surface area contributed by atoms with E-state index in [1.54, 1.807) is 57.1 Å². The molecule has 0 saturated carbocycles. The number of methoxy groups -OCH3 is 1. The van der Waals surface area contributed by atoms with Crippen molar-refractivity contribution in [2.75, 3.05) is 39.9 Å². The number of ether oxygens (including phenoxy) is 2. The van der Waals surface area contributed by atoms with Crippen molar-refractivity contribution < 1.29 is 9.47 Å². The second-order valence-electron chi connectivity index (χ2n) is 6.88. The molecular weight excluding hydrogens is 398 g/mol. The molecule has 0 radical (unpaired) electrons. The van der Waals surface area contributed by atoms with Crippen LogP contribution in [0, 0.1) is 0 Å². The van der Waals surface area contributed by atoms with E-state index in [0.717, 1.165) is 17.1 Å². The summed E-state index contributed by atoms with van der Waals surface area (Å²) in [4.78, 5) is 32.6. The van der Waals surface area contributed by atoms with E-state index >= 15 is 0 Å². The van der Waals surface area contributed by atoms with Crippen molar-refractivity contribution in [3.63, 3.8) is 0 Å². The maximum absolute atomic E-state index is 6.30. The van der Waals surface area contributed by atoms with E-state index in [-0.39, 0.29) is 12.3 Å². The molecule has 0 bridgehead atoms. The SMILES string of the molecule is COC[C@H](C)O[C@H](c1cnc[nH]1)N(CCN=Cc1cnc[nH]1)CCN=Cc1cnc[nH]1. The highest BCUT2D eigenvalue weighted by Gasteiger charge is 2.24. The number of aliphatic imine (C=N–C) groups is 2. The average Bonchev–Trinajstić information content (AvgIpc) is 3.55. The first-order chi connectivity index (χ1) is 15.3. The fraction of sp³-hybridized carbons (Fsp3) is 0.450. The van der Waals surface area contributed by atoms with Crippen LogP contribution in [0.5, 0.6) is 0 Å². The molecule has 3 aromatic rings. The molecule has 11 nitrogen and oxygen atoms in total. The molecule has 0 aliphatic heterocycles. The van der Waals surface area contributed by atoms with Crippen molar-refractivity contribution in [2.24, 2.45) is 9.98 Å². The van der Waals surface area contributed by atoms with E-state index in [1.807, 2.05) is 6.92 Å². The van der Waals surface area contributed by atoms with Crippen LogP contribution in [0.3, 0.4) is 0 Å². The molecule has 3 heterocycles. The second kappa shape index (κ2) is 12.5. The maximum atomic E-state index is 6.30. The molecule has 0 unspecified atom stereocenters. The third-order valence-corrected chi connectivity index (χ3v) is 4.41. The summed E-state index contributed by atoms with van der Waals surface area (Å²) in [7, 11) is 1.66. The average molecular weight is 428 g/mol. The van der Waals surface area contributed by atoms with Gasteiger partial charge in [0.15, 0.2) is 6.23 Å². The van der Waals surface area contributed by atoms with Gasteiger partial charge in [-0.15, -0.1) is 0 Å². The number of imidazole rings is 3. The lowest BCUT2D eigenvalue weighted by Gasteiger charge is -2.32. The number of aromatic amines is 3. The van der Waals surface area contributed by atoms with Gasteiger partial charge in [-0.25, -0.2) is 15.0 Å². The highest BCUT2D eigenvalue weighted by atomic mass is 16.5. The van der Waals surface area contributed by atoms with E-state index in [1.165, 1.54) is 0 Å². The van der Waals surface area contributed by atoms with Gasteiger partial charge in [-0.2, -0.15) is 0 Å². The molecule has 2 atom stereocenters. The van der Waals surface area contributed by atoms with Gasteiger partial charge in [0.2, 0.25) is 0 Å². The van der Waals surface area contributed by atoms with Gasteiger partial charge in [0, 0.05) is 32.6 Å². The van der Waals surface area contributed by atoms with E-state index in [2.05, 4.69) is 44.8 Å². The van der Waals surface area contributed by atoms with Crippen molar-refractivity contribution in [3.05, 3.63) is 54.7 Å². The molecule has 0 fully saturated rings. The molecule has 31 heavy (non-hydrogen) atoms. The van der Waals surface area contributed by atoms with Crippen LogP contribution < -0.4 is 0 Å². The largest absolute Gasteiger partial charge is 0.382 e. The van der Waals surface area contributed by atoms with Gasteiger partial charge in [-0.3, -0.25) is 14.9 Å². The molecule has 0 amide bonds. The van der Waals surface area contributed by atoms with Crippen LogP contribution in [0.15, 0.2) is 47.6 Å². The number of aromatic nitrogens is 6. The Morgan fingerprint density at radius 1 is 0.935 bits per heavy atom. The number of H-pyrrole nitrogens is 3. The Kier molecular flexibility index (Phi) is 9.10. The van der Waals surface area contributed by atoms with Gasteiger partial charge in [0.1, 0.15) is 0 Å². The predicted octanol–water partition coefficient (Wildman–Crippen LogP) is 1.45. The highest BCUT2D eigenvalue weighted by Crippen LogP contribution is 2.22. The molecule has 0 aromatic carbocycles. The Balaban J connectivity index is 1.67. The Bertz CT molecular complexity index is 828. The first-order valence-corrected chi connectivity index (χ1v) is 10.1. The van der Waals surface area contributed by atoms with Crippen LogP contribution in [0.1, 0.15) is 30.2 Å². The third-order valence-electron chi connectivity index (χ3n) is 4.41. The predicted molar refractivity (Wildman–Crippen MR) is 117 cm³/mol. The van der Waals surface area contributed by atoms with Crippen LogP contribution in [0.2, 0.25) is 0 Å². The summed E-state index contributed by atoms with van der Waals surface area (Å²) in [6.45, 7) is 5.01. The maximum Gasteiger partial charge on any atom is 0.153 e. The minimum Gasteiger partial charge on any atom is -0.382 e. The topological polar surface area (TPSA) is 132 Å². The van der Waals surface area contributed by atoms with E-state index in [0.29, 0.717) is 32.8 Å². The Morgan fingerprint density at radius 2 is 1.52 bits per heavy atom. The minimum atomic E-state index is -0.322. The van der Waals surface area contributed by atoms with Gasteiger partial charge >= 0.3 is 0 Å². The van der Waals surface area contributed by atoms with Crippen molar-refractivity contribution in [1.29, 1.82) is 0 Å².